The molecule has 0 aliphatic carbocycles. The summed E-state index contributed by atoms with van der Waals surface area (Å²) in [5, 5.41) is 4.01. The third kappa shape index (κ3) is 3.89. The van der Waals surface area contributed by atoms with Gasteiger partial charge in [0.15, 0.2) is 0 Å². The third-order valence-corrected chi connectivity index (χ3v) is 5.10. The zero-order valence-corrected chi connectivity index (χ0v) is 13.3. The molecule has 1 aliphatic rings. The van der Waals surface area contributed by atoms with E-state index in [9.17, 15) is 4.39 Å². The van der Waals surface area contributed by atoms with E-state index in [1.807, 2.05) is 23.9 Å². The first-order chi connectivity index (χ1) is 9.76. The standard InChI is InChI=1S/C16H25FN2S/c1-3-8-18-11-13-6-5-7-15(17)16(13)19-9-10-20-14(4-2)12-19/h5-7,14,18H,3-4,8-12H2,1-2H3. The zero-order valence-electron chi connectivity index (χ0n) is 12.5. The molecule has 4 heteroatoms. The van der Waals surface area contributed by atoms with Crippen molar-refractivity contribution in [1.29, 1.82) is 0 Å². The van der Waals surface area contributed by atoms with Crippen molar-refractivity contribution in [3.05, 3.63) is 29.6 Å². The fourth-order valence-corrected chi connectivity index (χ4v) is 3.81. The largest absolute Gasteiger partial charge is 0.367 e. The van der Waals surface area contributed by atoms with Crippen LogP contribution in [-0.4, -0.2) is 30.6 Å². The van der Waals surface area contributed by atoms with Crippen molar-refractivity contribution in [2.75, 3.05) is 30.3 Å². The van der Waals surface area contributed by atoms with Crippen molar-refractivity contribution < 1.29 is 4.39 Å². The summed E-state index contributed by atoms with van der Waals surface area (Å²) < 4.78 is 14.3. The zero-order chi connectivity index (χ0) is 14.4. The van der Waals surface area contributed by atoms with Crippen molar-refractivity contribution in [3.8, 4) is 0 Å². The SMILES string of the molecule is CCCNCc1cccc(F)c1N1CCSC(CC)C1. The second kappa shape index (κ2) is 7.89. The number of para-hydroxylation sites is 1. The van der Waals surface area contributed by atoms with Gasteiger partial charge in [0, 0.05) is 30.6 Å². The molecule has 1 heterocycles. The van der Waals surface area contributed by atoms with E-state index in [2.05, 4.69) is 24.1 Å². The van der Waals surface area contributed by atoms with Gasteiger partial charge < -0.3 is 10.2 Å². The third-order valence-electron chi connectivity index (χ3n) is 3.72. The molecule has 2 rings (SSSR count). The molecule has 0 bridgehead atoms. The van der Waals surface area contributed by atoms with E-state index in [1.54, 1.807) is 6.07 Å². The summed E-state index contributed by atoms with van der Waals surface area (Å²) >= 11 is 2.02. The smallest absolute Gasteiger partial charge is 0.146 e. The topological polar surface area (TPSA) is 15.3 Å². The van der Waals surface area contributed by atoms with E-state index in [0.29, 0.717) is 5.25 Å². The first kappa shape index (κ1) is 15.6. The van der Waals surface area contributed by atoms with E-state index in [1.165, 1.54) is 0 Å². The highest BCUT2D eigenvalue weighted by Gasteiger charge is 2.23. The lowest BCUT2D eigenvalue weighted by atomic mass is 10.1. The molecule has 1 aromatic carbocycles. The quantitative estimate of drug-likeness (QED) is 0.807. The Morgan fingerprint density at radius 1 is 1.40 bits per heavy atom. The van der Waals surface area contributed by atoms with Crippen LogP contribution in [0.1, 0.15) is 32.3 Å². The molecule has 2 nitrogen and oxygen atoms in total. The monoisotopic (exact) mass is 296 g/mol. The molecule has 1 N–H and O–H groups in total. The van der Waals surface area contributed by atoms with Crippen LogP contribution in [0.5, 0.6) is 0 Å². The van der Waals surface area contributed by atoms with E-state index in [4.69, 9.17) is 0 Å². The van der Waals surface area contributed by atoms with Gasteiger partial charge in [0.25, 0.3) is 0 Å². The number of nitrogens with one attached hydrogen (secondary N) is 1. The lowest BCUT2D eigenvalue weighted by Gasteiger charge is -2.35. The van der Waals surface area contributed by atoms with E-state index in [-0.39, 0.29) is 5.82 Å². The molecule has 1 fully saturated rings. The van der Waals surface area contributed by atoms with Gasteiger partial charge in [-0.2, -0.15) is 11.8 Å². The summed E-state index contributed by atoms with van der Waals surface area (Å²) in [6.07, 6.45) is 2.25. The minimum Gasteiger partial charge on any atom is -0.367 e. The molecule has 112 valence electrons. The number of halogens is 1. The number of anilines is 1. The van der Waals surface area contributed by atoms with Gasteiger partial charge in [0.2, 0.25) is 0 Å². The summed E-state index contributed by atoms with van der Waals surface area (Å²) in [7, 11) is 0. The van der Waals surface area contributed by atoms with Crippen molar-refractivity contribution in [2.24, 2.45) is 0 Å². The predicted molar refractivity (Wildman–Crippen MR) is 87.1 cm³/mol. The van der Waals surface area contributed by atoms with Crippen LogP contribution >= 0.6 is 11.8 Å². The summed E-state index contributed by atoms with van der Waals surface area (Å²) in [4.78, 5) is 2.24. The predicted octanol–water partition coefficient (Wildman–Crippen LogP) is 3.66. The number of benzene rings is 1. The molecule has 1 aliphatic heterocycles. The molecule has 0 radical (unpaired) electrons. The summed E-state index contributed by atoms with van der Waals surface area (Å²) in [5.41, 5.74) is 1.90. The van der Waals surface area contributed by atoms with Gasteiger partial charge in [-0.3, -0.25) is 0 Å². The Balaban J connectivity index is 2.15. The number of thioether (sulfide) groups is 1. The summed E-state index contributed by atoms with van der Waals surface area (Å²) in [5.74, 6) is 1.01. The molecule has 0 aromatic heterocycles. The van der Waals surface area contributed by atoms with Crippen molar-refractivity contribution in [3.63, 3.8) is 0 Å². The maximum atomic E-state index is 14.3. The number of rotatable bonds is 6. The van der Waals surface area contributed by atoms with Gasteiger partial charge in [0.05, 0.1) is 5.69 Å². The average Bonchev–Trinajstić information content (AvgIpc) is 2.48. The maximum absolute atomic E-state index is 14.3. The highest BCUT2D eigenvalue weighted by Crippen LogP contribution is 2.30. The Hall–Kier alpha value is -0.740. The number of hydrogen-bond donors (Lipinski definition) is 1. The van der Waals surface area contributed by atoms with Gasteiger partial charge in [-0.1, -0.05) is 26.0 Å². The first-order valence-electron chi connectivity index (χ1n) is 7.60. The summed E-state index contributed by atoms with van der Waals surface area (Å²) in [6, 6.07) is 5.45. The number of nitrogens with zero attached hydrogens (tertiary/aromatic N) is 1. The molecule has 0 amide bonds. The maximum Gasteiger partial charge on any atom is 0.146 e. The Labute approximate surface area is 126 Å². The molecule has 20 heavy (non-hydrogen) atoms. The van der Waals surface area contributed by atoms with Gasteiger partial charge in [-0.15, -0.1) is 0 Å². The van der Waals surface area contributed by atoms with E-state index >= 15 is 0 Å². The highest BCUT2D eigenvalue weighted by molar-refractivity contribution is 8.00. The fourth-order valence-electron chi connectivity index (χ4n) is 2.63. The molecule has 1 saturated heterocycles. The van der Waals surface area contributed by atoms with Crippen LogP contribution in [0.25, 0.3) is 0 Å². The first-order valence-corrected chi connectivity index (χ1v) is 8.65. The van der Waals surface area contributed by atoms with Crippen molar-refractivity contribution in [1.82, 2.24) is 5.32 Å². The highest BCUT2D eigenvalue weighted by atomic mass is 32.2. The Kier molecular flexibility index (Phi) is 6.17. The number of hydrogen-bond acceptors (Lipinski definition) is 3. The lowest BCUT2D eigenvalue weighted by molar-refractivity contribution is 0.604. The normalized spacial score (nSPS) is 19.4. The molecule has 0 saturated carbocycles. The van der Waals surface area contributed by atoms with E-state index in [0.717, 1.165) is 56.0 Å². The van der Waals surface area contributed by atoms with E-state index < -0.39 is 0 Å². The van der Waals surface area contributed by atoms with Crippen LogP contribution in [0.4, 0.5) is 10.1 Å². The minimum absolute atomic E-state index is 0.0810. The lowest BCUT2D eigenvalue weighted by Crippen LogP contribution is -2.39. The molecule has 1 unspecified atom stereocenters. The molecule has 1 atom stereocenters. The van der Waals surface area contributed by atoms with Crippen molar-refractivity contribution in [2.45, 2.75) is 38.5 Å². The Morgan fingerprint density at radius 2 is 2.25 bits per heavy atom. The molecular weight excluding hydrogens is 271 g/mol. The Bertz CT molecular complexity index is 425. The fraction of sp³-hybridized carbons (Fsp3) is 0.625. The molecular formula is C16H25FN2S. The van der Waals surface area contributed by atoms with Gasteiger partial charge in [0.1, 0.15) is 5.82 Å². The molecule has 1 aromatic rings. The average molecular weight is 296 g/mol. The molecule has 0 spiro atoms. The van der Waals surface area contributed by atoms with Crippen LogP contribution < -0.4 is 10.2 Å². The van der Waals surface area contributed by atoms with Crippen LogP contribution in [0.3, 0.4) is 0 Å². The van der Waals surface area contributed by atoms with Gasteiger partial charge in [-0.05, 0) is 31.0 Å². The Morgan fingerprint density at radius 3 is 3.00 bits per heavy atom. The summed E-state index contributed by atoms with van der Waals surface area (Å²) in [6.45, 7) is 8.00. The van der Waals surface area contributed by atoms with Crippen LogP contribution in [-0.2, 0) is 6.54 Å². The minimum atomic E-state index is -0.0810. The van der Waals surface area contributed by atoms with Crippen LogP contribution in [0.2, 0.25) is 0 Å². The van der Waals surface area contributed by atoms with Gasteiger partial charge >= 0.3 is 0 Å². The second-order valence-corrected chi connectivity index (χ2v) is 6.68. The van der Waals surface area contributed by atoms with Gasteiger partial charge in [-0.25, -0.2) is 4.39 Å². The van der Waals surface area contributed by atoms with Crippen LogP contribution in [0.15, 0.2) is 18.2 Å². The second-order valence-electron chi connectivity index (χ2n) is 5.27. The van der Waals surface area contributed by atoms with Crippen molar-refractivity contribution >= 4 is 17.4 Å². The van der Waals surface area contributed by atoms with Crippen LogP contribution in [0, 0.1) is 5.82 Å².